The Hall–Kier alpha value is -3.53. The minimum absolute atomic E-state index is 0.295. The van der Waals surface area contributed by atoms with E-state index in [2.05, 4.69) is 71.0 Å². The first-order valence-corrected chi connectivity index (χ1v) is 13.2. The number of aliphatic imine (C=N–C) groups is 1. The first-order valence-electron chi connectivity index (χ1n) is 12.5. The van der Waals surface area contributed by atoms with E-state index in [9.17, 15) is 0 Å². The van der Waals surface area contributed by atoms with Gasteiger partial charge < -0.3 is 10.1 Å². The number of benzene rings is 4. The number of para-hydroxylation sites is 1. The fraction of sp³-hybridized carbons (Fsp3) is 0.156. The Morgan fingerprint density at radius 3 is 2.54 bits per heavy atom. The Morgan fingerprint density at radius 2 is 1.73 bits per heavy atom. The summed E-state index contributed by atoms with van der Waals surface area (Å²) in [5, 5.41) is 5.01. The quantitative estimate of drug-likeness (QED) is 0.201. The van der Waals surface area contributed by atoms with E-state index in [1.165, 1.54) is 16.8 Å². The second-order valence-electron chi connectivity index (χ2n) is 9.51. The third-order valence-corrected chi connectivity index (χ3v) is 7.76. The summed E-state index contributed by atoms with van der Waals surface area (Å²) < 4.78 is 5.87. The van der Waals surface area contributed by atoms with Gasteiger partial charge in [0.25, 0.3) is 0 Å². The van der Waals surface area contributed by atoms with Crippen molar-refractivity contribution >= 4 is 40.8 Å². The standard InChI is InChI=1S/C32H26Cl2N2O/c33-24-13-10-23(30(34)18-24)20-37-26-16-8-21(9-17-26)19-35-25-14-11-22(12-15-25)32-29-6-3-5-27(29)28-4-1-2-7-31(28)36-32/h1-5,7-19,27,29,32,36H,6,20H2/t27-,29-,32+/m1/s1. The number of hydrogen-bond acceptors (Lipinski definition) is 3. The second-order valence-corrected chi connectivity index (χ2v) is 10.3. The van der Waals surface area contributed by atoms with Crippen LogP contribution in [0.3, 0.4) is 0 Å². The van der Waals surface area contributed by atoms with E-state index in [-0.39, 0.29) is 0 Å². The molecular formula is C32H26Cl2N2O. The lowest BCUT2D eigenvalue weighted by atomic mass is 9.77. The predicted octanol–water partition coefficient (Wildman–Crippen LogP) is 9.15. The van der Waals surface area contributed by atoms with Crippen LogP contribution in [0.1, 0.15) is 40.6 Å². The molecule has 37 heavy (non-hydrogen) atoms. The normalized spacial score (nSPS) is 19.9. The molecule has 1 aliphatic heterocycles. The predicted molar refractivity (Wildman–Crippen MR) is 154 cm³/mol. The average molecular weight is 525 g/mol. The van der Waals surface area contributed by atoms with Crippen LogP contribution in [-0.4, -0.2) is 6.21 Å². The molecule has 4 aromatic carbocycles. The van der Waals surface area contributed by atoms with Crippen LogP contribution in [0.15, 0.2) is 108 Å². The van der Waals surface area contributed by atoms with Crippen molar-refractivity contribution < 1.29 is 4.74 Å². The minimum Gasteiger partial charge on any atom is -0.489 e. The summed E-state index contributed by atoms with van der Waals surface area (Å²) in [6.07, 6.45) is 7.68. The van der Waals surface area contributed by atoms with Crippen LogP contribution < -0.4 is 10.1 Å². The molecule has 1 N–H and O–H groups in total. The Balaban J connectivity index is 1.10. The van der Waals surface area contributed by atoms with Crippen LogP contribution >= 0.6 is 23.2 Å². The Bertz CT molecular complexity index is 1460. The molecule has 1 heterocycles. The van der Waals surface area contributed by atoms with E-state index in [1.54, 1.807) is 6.07 Å². The maximum Gasteiger partial charge on any atom is 0.119 e. The fourth-order valence-corrected chi connectivity index (χ4v) is 5.70. The van der Waals surface area contributed by atoms with E-state index < -0.39 is 0 Å². The monoisotopic (exact) mass is 524 g/mol. The van der Waals surface area contributed by atoms with Crippen molar-refractivity contribution in [3.8, 4) is 5.75 Å². The number of rotatable bonds is 6. The summed E-state index contributed by atoms with van der Waals surface area (Å²) in [6.45, 7) is 0.384. The molecule has 1 aliphatic carbocycles. The van der Waals surface area contributed by atoms with Crippen LogP contribution in [0.5, 0.6) is 5.75 Å². The molecule has 0 spiro atoms. The maximum atomic E-state index is 6.23. The van der Waals surface area contributed by atoms with Crippen molar-refractivity contribution in [2.24, 2.45) is 10.9 Å². The minimum atomic E-state index is 0.295. The summed E-state index contributed by atoms with van der Waals surface area (Å²) in [6, 6.07) is 30.8. The van der Waals surface area contributed by atoms with Crippen molar-refractivity contribution in [2.45, 2.75) is 25.0 Å². The topological polar surface area (TPSA) is 33.6 Å². The molecule has 0 fully saturated rings. The number of ether oxygens (including phenoxy) is 1. The first kappa shape index (κ1) is 23.8. The Morgan fingerprint density at radius 1 is 0.919 bits per heavy atom. The largest absolute Gasteiger partial charge is 0.489 e. The van der Waals surface area contributed by atoms with Crippen molar-refractivity contribution in [3.63, 3.8) is 0 Å². The molecule has 0 unspecified atom stereocenters. The molecule has 6 rings (SSSR count). The number of fused-ring (bicyclic) bond motifs is 3. The summed E-state index contributed by atoms with van der Waals surface area (Å²) in [5.74, 6) is 1.80. The highest BCUT2D eigenvalue weighted by atomic mass is 35.5. The number of nitrogens with zero attached hydrogens (tertiary/aromatic N) is 1. The van der Waals surface area contributed by atoms with Gasteiger partial charge in [-0.25, -0.2) is 0 Å². The number of allylic oxidation sites excluding steroid dienone is 2. The molecule has 4 aromatic rings. The van der Waals surface area contributed by atoms with Gasteiger partial charge in [0.1, 0.15) is 12.4 Å². The van der Waals surface area contributed by atoms with Crippen LogP contribution in [-0.2, 0) is 6.61 Å². The molecule has 5 heteroatoms. The Kier molecular flexibility index (Phi) is 6.73. The highest BCUT2D eigenvalue weighted by molar-refractivity contribution is 6.35. The summed E-state index contributed by atoms with van der Waals surface area (Å²) in [5.41, 5.74) is 6.78. The molecule has 0 aromatic heterocycles. The van der Waals surface area contributed by atoms with Gasteiger partial charge in [0.05, 0.1) is 11.7 Å². The zero-order valence-corrected chi connectivity index (χ0v) is 21.7. The van der Waals surface area contributed by atoms with Gasteiger partial charge in [-0.2, -0.15) is 0 Å². The Labute approximate surface area is 227 Å². The van der Waals surface area contributed by atoms with Gasteiger partial charge in [-0.05, 0) is 83.6 Å². The maximum absolute atomic E-state index is 6.23. The average Bonchev–Trinajstić information content (AvgIpc) is 3.42. The zero-order valence-electron chi connectivity index (χ0n) is 20.1. The van der Waals surface area contributed by atoms with Crippen LogP contribution in [0.2, 0.25) is 10.0 Å². The van der Waals surface area contributed by atoms with E-state index in [4.69, 9.17) is 27.9 Å². The summed E-state index contributed by atoms with van der Waals surface area (Å²) in [4.78, 5) is 4.68. The van der Waals surface area contributed by atoms with Gasteiger partial charge in [0.2, 0.25) is 0 Å². The SMILES string of the molecule is Clc1ccc(COc2ccc(C=Nc3ccc([C@@H]4Nc5ccccc5[C@H]5C=CC[C@H]54)cc3)cc2)c(Cl)c1. The number of anilines is 1. The van der Waals surface area contributed by atoms with Crippen molar-refractivity contribution in [2.75, 3.05) is 5.32 Å². The van der Waals surface area contributed by atoms with Crippen molar-refractivity contribution in [3.05, 3.63) is 135 Å². The molecule has 184 valence electrons. The number of halogens is 2. The van der Waals surface area contributed by atoms with E-state index in [1.807, 2.05) is 42.6 Å². The van der Waals surface area contributed by atoms with E-state index >= 15 is 0 Å². The van der Waals surface area contributed by atoms with Crippen LogP contribution in [0, 0.1) is 5.92 Å². The molecule has 0 saturated carbocycles. The van der Waals surface area contributed by atoms with Gasteiger partial charge >= 0.3 is 0 Å². The third kappa shape index (κ3) is 5.16. The van der Waals surface area contributed by atoms with E-state index in [0.717, 1.165) is 29.0 Å². The zero-order chi connectivity index (χ0) is 25.2. The lowest BCUT2D eigenvalue weighted by molar-refractivity contribution is 0.306. The van der Waals surface area contributed by atoms with Crippen LogP contribution in [0.25, 0.3) is 0 Å². The van der Waals surface area contributed by atoms with Gasteiger partial charge in [0.15, 0.2) is 0 Å². The smallest absolute Gasteiger partial charge is 0.119 e. The van der Waals surface area contributed by atoms with Crippen molar-refractivity contribution in [1.29, 1.82) is 0 Å². The van der Waals surface area contributed by atoms with Crippen molar-refractivity contribution in [1.82, 2.24) is 0 Å². The van der Waals surface area contributed by atoms with Gasteiger partial charge in [0, 0.05) is 33.4 Å². The summed E-state index contributed by atoms with van der Waals surface area (Å²) in [7, 11) is 0. The lowest BCUT2D eigenvalue weighted by Crippen LogP contribution is -2.28. The third-order valence-electron chi connectivity index (χ3n) is 7.18. The number of hydrogen-bond donors (Lipinski definition) is 1. The molecule has 0 saturated heterocycles. The second kappa shape index (κ2) is 10.5. The molecule has 3 nitrogen and oxygen atoms in total. The van der Waals surface area contributed by atoms with E-state index in [0.29, 0.717) is 34.5 Å². The molecule has 0 radical (unpaired) electrons. The molecule has 0 bridgehead atoms. The van der Waals surface area contributed by atoms with Crippen LogP contribution in [0.4, 0.5) is 11.4 Å². The van der Waals surface area contributed by atoms with Gasteiger partial charge in [-0.3, -0.25) is 4.99 Å². The van der Waals surface area contributed by atoms with Gasteiger partial charge in [-0.1, -0.05) is 71.8 Å². The summed E-state index contributed by atoms with van der Waals surface area (Å²) >= 11 is 12.2. The molecule has 2 aliphatic rings. The van der Waals surface area contributed by atoms with Gasteiger partial charge in [-0.15, -0.1) is 0 Å². The highest BCUT2D eigenvalue weighted by Crippen LogP contribution is 2.49. The fourth-order valence-electron chi connectivity index (χ4n) is 5.24. The molecule has 0 amide bonds. The lowest BCUT2D eigenvalue weighted by Gasteiger charge is -2.37. The molecule has 3 atom stereocenters. The highest BCUT2D eigenvalue weighted by Gasteiger charge is 2.37. The first-order chi connectivity index (χ1) is 18.1. The number of nitrogens with one attached hydrogen (secondary N) is 1. The molecular weight excluding hydrogens is 499 g/mol.